The lowest BCUT2D eigenvalue weighted by Gasteiger charge is -2.35. The van der Waals surface area contributed by atoms with Crippen LogP contribution in [-0.2, 0) is 32.0 Å². The van der Waals surface area contributed by atoms with Crippen LogP contribution in [0.3, 0.4) is 0 Å². The molecule has 1 aliphatic carbocycles. The van der Waals surface area contributed by atoms with Crippen LogP contribution in [0.5, 0.6) is 0 Å². The van der Waals surface area contributed by atoms with Crippen molar-refractivity contribution in [3.63, 3.8) is 0 Å². The molecule has 0 heterocycles. The maximum atomic E-state index is 14.3. The van der Waals surface area contributed by atoms with Gasteiger partial charge in [0.25, 0.3) is 0 Å². The summed E-state index contributed by atoms with van der Waals surface area (Å²) in [5.41, 5.74) is 7.31. The Kier molecular flexibility index (Phi) is 10.4. The second-order valence-electron chi connectivity index (χ2n) is 12.2. The van der Waals surface area contributed by atoms with Crippen LogP contribution in [0.25, 0.3) is 10.8 Å². The van der Waals surface area contributed by atoms with Crippen LogP contribution in [0.4, 0.5) is 0 Å². The zero-order valence-electron chi connectivity index (χ0n) is 25.2. The summed E-state index contributed by atoms with van der Waals surface area (Å²) in [7, 11) is 3.28. The van der Waals surface area contributed by atoms with E-state index in [9.17, 15) is 14.4 Å². The molecule has 1 aliphatic rings. The van der Waals surface area contributed by atoms with E-state index in [1.807, 2.05) is 86.6 Å². The number of hydrogen-bond acceptors (Lipinski definition) is 5. The predicted molar refractivity (Wildman–Crippen MR) is 166 cm³/mol. The van der Waals surface area contributed by atoms with E-state index >= 15 is 0 Å². The Bertz CT molecular complexity index is 1370. The molecular formula is C34H44N4O4. The van der Waals surface area contributed by atoms with Crippen molar-refractivity contribution >= 4 is 28.5 Å². The standard InChI is InChI=1S/C34H44N4O4/c1-34(2,35)23-42-22-31(39)37(3)30(20-26-16-17-27-12-8-9-13-28(27)18-26)33(41)38(4)29(19-24-10-6-5-7-11-24)32(40)36-21-25-14-15-25/h5-13,16-18,25,29-30H,14-15,19-23,35H2,1-4H3,(H,36,40)/t29-,30-/m1/s1. The molecule has 3 aromatic carbocycles. The highest BCUT2D eigenvalue weighted by Gasteiger charge is 2.36. The molecule has 0 saturated heterocycles. The van der Waals surface area contributed by atoms with Gasteiger partial charge in [-0.05, 0) is 54.5 Å². The number of fused-ring (bicyclic) bond motifs is 1. The van der Waals surface area contributed by atoms with Gasteiger partial charge < -0.3 is 25.6 Å². The van der Waals surface area contributed by atoms with Gasteiger partial charge in [0, 0.05) is 39.0 Å². The molecule has 3 amide bonds. The minimum absolute atomic E-state index is 0.187. The number of rotatable bonds is 14. The number of nitrogens with two attached hydrogens (primary N) is 1. The first kappa shape index (κ1) is 31.2. The van der Waals surface area contributed by atoms with Crippen molar-refractivity contribution in [2.24, 2.45) is 11.7 Å². The maximum absolute atomic E-state index is 14.3. The van der Waals surface area contributed by atoms with E-state index in [0.29, 0.717) is 25.3 Å². The van der Waals surface area contributed by atoms with Gasteiger partial charge in [-0.25, -0.2) is 0 Å². The van der Waals surface area contributed by atoms with Crippen molar-refractivity contribution in [3.8, 4) is 0 Å². The van der Waals surface area contributed by atoms with Gasteiger partial charge >= 0.3 is 0 Å². The zero-order chi connectivity index (χ0) is 30.3. The molecule has 0 aromatic heterocycles. The highest BCUT2D eigenvalue weighted by atomic mass is 16.5. The van der Waals surface area contributed by atoms with E-state index in [4.69, 9.17) is 10.5 Å². The van der Waals surface area contributed by atoms with Crippen LogP contribution in [-0.4, -0.2) is 79.0 Å². The summed E-state index contributed by atoms with van der Waals surface area (Å²) in [6, 6.07) is 22.2. The number of carbonyl (C=O) groups excluding carboxylic acids is 3. The van der Waals surface area contributed by atoms with Gasteiger partial charge in [0.2, 0.25) is 17.7 Å². The summed E-state index contributed by atoms with van der Waals surface area (Å²) in [6.45, 7) is 4.26. The Morgan fingerprint density at radius 2 is 1.52 bits per heavy atom. The Labute approximate surface area is 249 Å². The topological polar surface area (TPSA) is 105 Å². The zero-order valence-corrected chi connectivity index (χ0v) is 25.2. The van der Waals surface area contributed by atoms with E-state index in [1.165, 1.54) is 9.80 Å². The monoisotopic (exact) mass is 572 g/mol. The van der Waals surface area contributed by atoms with Crippen molar-refractivity contribution in [1.82, 2.24) is 15.1 Å². The number of ether oxygens (including phenoxy) is 1. The quantitative estimate of drug-likeness (QED) is 0.307. The lowest BCUT2D eigenvalue weighted by atomic mass is 9.98. The van der Waals surface area contributed by atoms with Crippen LogP contribution < -0.4 is 11.1 Å². The number of benzene rings is 3. The minimum Gasteiger partial charge on any atom is -0.370 e. The van der Waals surface area contributed by atoms with Crippen LogP contribution >= 0.6 is 0 Å². The van der Waals surface area contributed by atoms with Gasteiger partial charge in [0.15, 0.2) is 0 Å². The number of nitrogens with one attached hydrogen (secondary N) is 1. The summed E-state index contributed by atoms with van der Waals surface area (Å²) in [6.07, 6.45) is 2.89. The fourth-order valence-corrected chi connectivity index (χ4v) is 4.97. The van der Waals surface area contributed by atoms with E-state index in [1.54, 1.807) is 14.1 Å². The molecule has 4 rings (SSSR count). The van der Waals surface area contributed by atoms with Gasteiger partial charge in [0.05, 0.1) is 6.61 Å². The minimum atomic E-state index is -0.840. The molecule has 2 atom stereocenters. The number of hydrogen-bond donors (Lipinski definition) is 2. The van der Waals surface area contributed by atoms with Crippen molar-refractivity contribution in [2.75, 3.05) is 33.9 Å². The highest BCUT2D eigenvalue weighted by molar-refractivity contribution is 5.92. The summed E-state index contributed by atoms with van der Waals surface area (Å²) in [5, 5.41) is 5.21. The Balaban J connectivity index is 1.59. The summed E-state index contributed by atoms with van der Waals surface area (Å²) in [4.78, 5) is 44.0. The fraction of sp³-hybridized carbons (Fsp3) is 0.441. The lowest BCUT2D eigenvalue weighted by molar-refractivity contribution is -0.149. The Hall–Kier alpha value is -3.75. The molecule has 1 fully saturated rings. The molecule has 0 aliphatic heterocycles. The van der Waals surface area contributed by atoms with Gasteiger partial charge in [-0.3, -0.25) is 14.4 Å². The van der Waals surface area contributed by atoms with Gasteiger partial charge in [-0.1, -0.05) is 72.8 Å². The van der Waals surface area contributed by atoms with E-state index in [2.05, 4.69) is 5.32 Å². The smallest absolute Gasteiger partial charge is 0.249 e. The SMILES string of the molecule is CN(C(=O)COCC(C)(C)N)[C@H](Cc1ccc2ccccc2c1)C(=O)N(C)[C@H](Cc1ccccc1)C(=O)NCC1CC1. The predicted octanol–water partition coefficient (Wildman–Crippen LogP) is 3.56. The molecular weight excluding hydrogens is 528 g/mol. The fourth-order valence-electron chi connectivity index (χ4n) is 4.97. The summed E-state index contributed by atoms with van der Waals surface area (Å²) < 4.78 is 5.60. The molecule has 0 unspecified atom stereocenters. The molecule has 8 nitrogen and oxygen atoms in total. The molecule has 0 spiro atoms. The number of carbonyl (C=O) groups is 3. The van der Waals surface area contributed by atoms with E-state index < -0.39 is 17.6 Å². The maximum Gasteiger partial charge on any atom is 0.249 e. The average Bonchev–Trinajstić information content (AvgIpc) is 3.81. The molecule has 0 bridgehead atoms. The molecule has 3 N–H and O–H groups in total. The van der Waals surface area contributed by atoms with E-state index in [0.717, 1.165) is 34.7 Å². The van der Waals surface area contributed by atoms with Crippen LogP contribution in [0.1, 0.15) is 37.8 Å². The van der Waals surface area contributed by atoms with Crippen LogP contribution in [0, 0.1) is 5.92 Å². The molecule has 1 saturated carbocycles. The van der Waals surface area contributed by atoms with Gasteiger partial charge in [-0.15, -0.1) is 0 Å². The van der Waals surface area contributed by atoms with E-state index in [-0.39, 0.29) is 30.9 Å². The van der Waals surface area contributed by atoms with Gasteiger partial charge in [0.1, 0.15) is 18.7 Å². The molecule has 224 valence electrons. The number of likely N-dealkylation sites (N-methyl/N-ethyl adjacent to an activating group) is 2. The second kappa shape index (κ2) is 13.9. The summed E-state index contributed by atoms with van der Waals surface area (Å²) >= 11 is 0. The van der Waals surface area contributed by atoms with Gasteiger partial charge in [-0.2, -0.15) is 0 Å². The molecule has 0 radical (unpaired) electrons. The van der Waals surface area contributed by atoms with Crippen molar-refractivity contribution in [2.45, 2.75) is 57.2 Å². The number of amides is 3. The second-order valence-corrected chi connectivity index (χ2v) is 12.2. The van der Waals surface area contributed by atoms with Crippen LogP contribution in [0.15, 0.2) is 72.8 Å². The Morgan fingerprint density at radius 1 is 0.881 bits per heavy atom. The Morgan fingerprint density at radius 3 is 2.19 bits per heavy atom. The summed E-state index contributed by atoms with van der Waals surface area (Å²) in [5.74, 6) is -0.311. The first-order chi connectivity index (χ1) is 20.0. The van der Waals surface area contributed by atoms with Crippen LogP contribution in [0.2, 0.25) is 0 Å². The first-order valence-corrected chi connectivity index (χ1v) is 14.7. The third-order valence-corrected chi connectivity index (χ3v) is 7.74. The molecule has 8 heteroatoms. The highest BCUT2D eigenvalue weighted by Crippen LogP contribution is 2.27. The third kappa shape index (κ3) is 8.87. The van der Waals surface area contributed by atoms with Crippen molar-refractivity contribution < 1.29 is 19.1 Å². The lowest BCUT2D eigenvalue weighted by Crippen LogP contribution is -2.56. The number of nitrogens with zero attached hydrogens (tertiary/aromatic N) is 2. The molecule has 42 heavy (non-hydrogen) atoms. The largest absolute Gasteiger partial charge is 0.370 e. The third-order valence-electron chi connectivity index (χ3n) is 7.74. The first-order valence-electron chi connectivity index (χ1n) is 14.7. The van der Waals surface area contributed by atoms with Crippen molar-refractivity contribution in [1.29, 1.82) is 0 Å². The molecule has 3 aromatic rings. The normalized spacial score (nSPS) is 14.7. The van der Waals surface area contributed by atoms with Crippen molar-refractivity contribution in [3.05, 3.63) is 83.9 Å². The average molecular weight is 573 g/mol.